The summed E-state index contributed by atoms with van der Waals surface area (Å²) in [6.07, 6.45) is 5.53. The van der Waals surface area contributed by atoms with Gasteiger partial charge in [-0.25, -0.2) is 0 Å². The van der Waals surface area contributed by atoms with Gasteiger partial charge in [0.2, 0.25) is 0 Å². The van der Waals surface area contributed by atoms with Gasteiger partial charge in [-0.1, -0.05) is 36.4 Å². The Balaban J connectivity index is 1.63. The zero-order valence-corrected chi connectivity index (χ0v) is 20.5. The second-order valence-corrected chi connectivity index (χ2v) is 9.34. The lowest BCUT2D eigenvalue weighted by molar-refractivity contribution is 0.0806. The third kappa shape index (κ3) is 3.99. The zero-order chi connectivity index (χ0) is 22.9. The van der Waals surface area contributed by atoms with Crippen molar-refractivity contribution in [1.82, 2.24) is 0 Å². The number of hydrogen-bond acceptors (Lipinski definition) is 4. The second kappa shape index (κ2) is 9.14. The van der Waals surface area contributed by atoms with Gasteiger partial charge in [-0.3, -0.25) is 0 Å². The van der Waals surface area contributed by atoms with Crippen LogP contribution in [0.1, 0.15) is 41.1 Å². The molecule has 0 bridgehead atoms. The Morgan fingerprint density at radius 2 is 1.45 bits per heavy atom. The summed E-state index contributed by atoms with van der Waals surface area (Å²) < 4.78 is 24.0. The molecule has 33 heavy (non-hydrogen) atoms. The van der Waals surface area contributed by atoms with Gasteiger partial charge in [0.05, 0.1) is 25.8 Å². The average molecular weight is 507 g/mol. The highest BCUT2D eigenvalue weighted by Gasteiger charge is 2.44. The van der Waals surface area contributed by atoms with Crippen molar-refractivity contribution in [2.75, 3.05) is 21.3 Å². The second-order valence-electron chi connectivity index (χ2n) is 8.48. The molecule has 2 aliphatic rings. The molecule has 0 fully saturated rings. The van der Waals surface area contributed by atoms with Crippen LogP contribution in [0.5, 0.6) is 23.0 Å². The molecule has 0 radical (unpaired) electrons. The van der Waals surface area contributed by atoms with Crippen LogP contribution in [0.3, 0.4) is 0 Å². The summed E-state index contributed by atoms with van der Waals surface area (Å²) in [5.74, 6) is 4.13. The standard InChI is InChI=1S/C28H27BrO4/c1-30-19-11-7-17(8-12-19)21-5-4-6-22-23-15-24(29)26(32-3)16-25(23)33-28(27(21)22)18-9-13-20(31-2)14-10-18/h4,6-16,21-22,27-28H,5H2,1-3H3/t21-,22-,27+,28+/m1/s1. The monoisotopic (exact) mass is 506 g/mol. The fourth-order valence-electron chi connectivity index (χ4n) is 5.20. The first-order valence-electron chi connectivity index (χ1n) is 11.1. The Labute approximate surface area is 203 Å². The molecule has 1 heterocycles. The van der Waals surface area contributed by atoms with Crippen molar-refractivity contribution in [1.29, 1.82) is 0 Å². The molecular formula is C28H27BrO4. The number of methoxy groups -OCH3 is 3. The molecule has 0 aromatic heterocycles. The Bertz CT molecular complexity index is 1150. The van der Waals surface area contributed by atoms with Crippen LogP contribution in [0.2, 0.25) is 0 Å². The highest BCUT2D eigenvalue weighted by Crippen LogP contribution is 2.56. The van der Waals surface area contributed by atoms with Crippen molar-refractivity contribution in [2.24, 2.45) is 5.92 Å². The molecule has 1 aliphatic heterocycles. The first kappa shape index (κ1) is 21.9. The summed E-state index contributed by atoms with van der Waals surface area (Å²) in [5, 5.41) is 0. The van der Waals surface area contributed by atoms with E-state index >= 15 is 0 Å². The number of ether oxygens (including phenoxy) is 4. The van der Waals surface area contributed by atoms with Gasteiger partial charge in [-0.15, -0.1) is 0 Å². The maximum Gasteiger partial charge on any atom is 0.136 e. The molecule has 170 valence electrons. The van der Waals surface area contributed by atoms with Crippen LogP contribution >= 0.6 is 15.9 Å². The molecule has 5 heteroatoms. The number of fused-ring (bicyclic) bond motifs is 3. The zero-order valence-electron chi connectivity index (χ0n) is 19.0. The van der Waals surface area contributed by atoms with Crippen molar-refractivity contribution >= 4 is 15.9 Å². The van der Waals surface area contributed by atoms with E-state index < -0.39 is 0 Å². The molecule has 3 aromatic rings. The van der Waals surface area contributed by atoms with Crippen LogP contribution in [0, 0.1) is 5.92 Å². The Hall–Kier alpha value is -2.92. The summed E-state index contributed by atoms with van der Waals surface area (Å²) in [4.78, 5) is 0. The van der Waals surface area contributed by atoms with Gasteiger partial charge < -0.3 is 18.9 Å². The van der Waals surface area contributed by atoms with Gasteiger partial charge in [0.15, 0.2) is 0 Å². The lowest BCUT2D eigenvalue weighted by atomic mass is 9.65. The maximum atomic E-state index is 6.75. The van der Waals surface area contributed by atoms with Crippen molar-refractivity contribution in [3.8, 4) is 23.0 Å². The molecule has 0 saturated heterocycles. The molecule has 0 amide bonds. The van der Waals surface area contributed by atoms with E-state index in [2.05, 4.69) is 58.4 Å². The minimum atomic E-state index is -0.101. The predicted molar refractivity (Wildman–Crippen MR) is 133 cm³/mol. The smallest absolute Gasteiger partial charge is 0.136 e. The van der Waals surface area contributed by atoms with Crippen molar-refractivity contribution in [3.05, 3.63) is 94.0 Å². The molecule has 0 unspecified atom stereocenters. The number of benzene rings is 3. The molecule has 1 aliphatic carbocycles. The van der Waals surface area contributed by atoms with Crippen molar-refractivity contribution in [3.63, 3.8) is 0 Å². The van der Waals surface area contributed by atoms with Crippen LogP contribution in [0.15, 0.2) is 77.3 Å². The lowest BCUT2D eigenvalue weighted by Crippen LogP contribution is -2.35. The first-order chi connectivity index (χ1) is 16.1. The fourth-order valence-corrected chi connectivity index (χ4v) is 5.72. The highest BCUT2D eigenvalue weighted by molar-refractivity contribution is 9.10. The van der Waals surface area contributed by atoms with E-state index in [-0.39, 0.29) is 17.9 Å². The molecule has 4 atom stereocenters. The van der Waals surface area contributed by atoms with Gasteiger partial charge in [0, 0.05) is 23.5 Å². The number of hydrogen-bond donors (Lipinski definition) is 0. The van der Waals surface area contributed by atoms with E-state index in [1.807, 2.05) is 30.3 Å². The summed E-state index contributed by atoms with van der Waals surface area (Å²) in [6, 6.07) is 20.9. The normalized spacial score (nSPS) is 23.2. The van der Waals surface area contributed by atoms with Crippen molar-refractivity contribution < 1.29 is 18.9 Å². The molecular weight excluding hydrogens is 480 g/mol. The van der Waals surface area contributed by atoms with Crippen LogP contribution in [0.25, 0.3) is 0 Å². The van der Waals surface area contributed by atoms with Crippen LogP contribution in [-0.4, -0.2) is 21.3 Å². The van der Waals surface area contributed by atoms with Gasteiger partial charge in [-0.2, -0.15) is 0 Å². The van der Waals surface area contributed by atoms with Crippen LogP contribution in [0.4, 0.5) is 0 Å². The minimum Gasteiger partial charge on any atom is -0.497 e. The molecule has 4 nitrogen and oxygen atoms in total. The molecule has 5 rings (SSSR count). The maximum absolute atomic E-state index is 6.75. The third-order valence-corrected chi connectivity index (χ3v) is 7.47. The van der Waals surface area contributed by atoms with Crippen LogP contribution in [-0.2, 0) is 0 Å². The van der Waals surface area contributed by atoms with Crippen molar-refractivity contribution in [2.45, 2.75) is 24.4 Å². The largest absolute Gasteiger partial charge is 0.497 e. The molecule has 3 aromatic carbocycles. The molecule has 0 saturated carbocycles. The van der Waals surface area contributed by atoms with Crippen LogP contribution < -0.4 is 18.9 Å². The van der Waals surface area contributed by atoms with E-state index in [0.29, 0.717) is 5.92 Å². The predicted octanol–water partition coefficient (Wildman–Crippen LogP) is 7.05. The van der Waals surface area contributed by atoms with Gasteiger partial charge in [0.1, 0.15) is 29.1 Å². The van der Waals surface area contributed by atoms with E-state index in [1.54, 1.807) is 21.3 Å². The summed E-state index contributed by atoms with van der Waals surface area (Å²) in [6.45, 7) is 0. The Morgan fingerprint density at radius 3 is 2.06 bits per heavy atom. The lowest BCUT2D eigenvalue weighted by Gasteiger charge is -2.45. The quantitative estimate of drug-likeness (QED) is 0.347. The summed E-state index contributed by atoms with van der Waals surface area (Å²) in [5.41, 5.74) is 3.63. The Kier molecular flexibility index (Phi) is 6.07. The van der Waals surface area contributed by atoms with Gasteiger partial charge in [0.25, 0.3) is 0 Å². The average Bonchev–Trinajstić information content (AvgIpc) is 2.87. The number of allylic oxidation sites excluding steroid dienone is 2. The van der Waals surface area contributed by atoms with E-state index in [9.17, 15) is 0 Å². The Morgan fingerprint density at radius 1 is 0.818 bits per heavy atom. The molecule has 0 N–H and O–H groups in total. The summed E-state index contributed by atoms with van der Waals surface area (Å²) >= 11 is 3.67. The summed E-state index contributed by atoms with van der Waals surface area (Å²) in [7, 11) is 5.07. The first-order valence-corrected chi connectivity index (χ1v) is 11.9. The van der Waals surface area contributed by atoms with E-state index in [1.165, 1.54) is 11.1 Å². The number of halogens is 1. The van der Waals surface area contributed by atoms with E-state index in [0.717, 1.165) is 39.5 Å². The van der Waals surface area contributed by atoms with E-state index in [4.69, 9.17) is 18.9 Å². The highest BCUT2D eigenvalue weighted by atomic mass is 79.9. The topological polar surface area (TPSA) is 36.9 Å². The van der Waals surface area contributed by atoms with Gasteiger partial charge >= 0.3 is 0 Å². The van der Waals surface area contributed by atoms with Gasteiger partial charge in [-0.05, 0) is 69.7 Å². The SMILES string of the molecule is COc1ccc([C@H]2CC=C[C@@H]3c4cc(Br)c(OC)cc4O[C@@H](c4ccc(OC)cc4)[C@H]32)cc1. The minimum absolute atomic E-state index is 0.101. The number of rotatable bonds is 5. The fraction of sp³-hybridized carbons (Fsp3) is 0.286. The third-order valence-electron chi connectivity index (χ3n) is 6.85. The molecule has 0 spiro atoms.